The molecule has 1 unspecified atom stereocenters. The number of rotatable bonds is 7. The lowest BCUT2D eigenvalue weighted by Crippen LogP contribution is -2.35. The van der Waals surface area contributed by atoms with Crippen molar-refractivity contribution in [1.29, 1.82) is 0 Å². The van der Waals surface area contributed by atoms with Crippen molar-refractivity contribution < 1.29 is 14.6 Å². The van der Waals surface area contributed by atoms with Crippen molar-refractivity contribution in [1.82, 2.24) is 5.32 Å². The summed E-state index contributed by atoms with van der Waals surface area (Å²) < 4.78 is 5.45. The molecule has 0 spiro atoms. The van der Waals surface area contributed by atoms with Crippen LogP contribution in [-0.4, -0.2) is 36.2 Å². The van der Waals surface area contributed by atoms with Gasteiger partial charge in [0, 0.05) is 18.2 Å². The van der Waals surface area contributed by atoms with Gasteiger partial charge in [-0.05, 0) is 19.1 Å². The molecule has 0 aliphatic heterocycles. The molecular formula is C14H22ClNO3. The standard InChI is InChI=1S/C14H21NO3.ClH/c1-10(2)15-8-13(17)9-18-14-6-4-5-12(7-14)11(3)16;/h4-7,10,13,15,17H,8-9H2,1-3H3;1H. The number of benzene rings is 1. The summed E-state index contributed by atoms with van der Waals surface area (Å²) in [5.41, 5.74) is 0.613. The van der Waals surface area contributed by atoms with Crippen molar-refractivity contribution in [3.8, 4) is 5.75 Å². The number of Topliss-reactive ketones (excluding diaryl/α,β-unsaturated/α-hetero) is 1. The minimum atomic E-state index is -0.562. The van der Waals surface area contributed by atoms with Gasteiger partial charge in [0.1, 0.15) is 18.5 Å². The van der Waals surface area contributed by atoms with Crippen molar-refractivity contribution in [3.63, 3.8) is 0 Å². The molecule has 0 radical (unpaired) electrons. The summed E-state index contributed by atoms with van der Waals surface area (Å²) in [7, 11) is 0. The Labute approximate surface area is 120 Å². The van der Waals surface area contributed by atoms with Crippen LogP contribution in [0.4, 0.5) is 0 Å². The van der Waals surface area contributed by atoms with Gasteiger partial charge in [-0.3, -0.25) is 4.79 Å². The van der Waals surface area contributed by atoms with Crippen LogP contribution in [0.1, 0.15) is 31.1 Å². The Balaban J connectivity index is 0.00000324. The van der Waals surface area contributed by atoms with E-state index in [1.165, 1.54) is 6.92 Å². The summed E-state index contributed by atoms with van der Waals surface area (Å²) in [5.74, 6) is 0.605. The van der Waals surface area contributed by atoms with E-state index in [0.717, 1.165) is 0 Å². The zero-order valence-corrected chi connectivity index (χ0v) is 12.4. The smallest absolute Gasteiger partial charge is 0.159 e. The molecule has 0 aliphatic rings. The van der Waals surface area contributed by atoms with Crippen molar-refractivity contribution >= 4 is 18.2 Å². The third-order valence-electron chi connectivity index (χ3n) is 2.44. The third kappa shape index (κ3) is 7.15. The first-order chi connectivity index (χ1) is 8.49. The molecule has 1 atom stereocenters. The van der Waals surface area contributed by atoms with E-state index in [2.05, 4.69) is 5.32 Å². The van der Waals surface area contributed by atoms with Crippen molar-refractivity contribution in [2.75, 3.05) is 13.2 Å². The van der Waals surface area contributed by atoms with E-state index >= 15 is 0 Å². The lowest BCUT2D eigenvalue weighted by atomic mass is 10.1. The molecule has 0 heterocycles. The Morgan fingerprint density at radius 1 is 1.42 bits per heavy atom. The molecule has 0 aliphatic carbocycles. The fourth-order valence-corrected chi connectivity index (χ4v) is 1.43. The van der Waals surface area contributed by atoms with Crippen LogP contribution >= 0.6 is 12.4 Å². The molecule has 4 nitrogen and oxygen atoms in total. The first-order valence-corrected chi connectivity index (χ1v) is 6.14. The van der Waals surface area contributed by atoms with Gasteiger partial charge in [-0.15, -0.1) is 12.4 Å². The summed E-state index contributed by atoms with van der Waals surface area (Å²) in [6, 6.07) is 7.30. The van der Waals surface area contributed by atoms with Crippen LogP contribution < -0.4 is 10.1 Å². The van der Waals surface area contributed by atoms with E-state index in [1.54, 1.807) is 24.3 Å². The van der Waals surface area contributed by atoms with E-state index in [4.69, 9.17) is 4.74 Å². The molecule has 2 N–H and O–H groups in total. The van der Waals surface area contributed by atoms with Crippen molar-refractivity contribution in [2.45, 2.75) is 32.9 Å². The number of carbonyl (C=O) groups excluding carboxylic acids is 1. The van der Waals surface area contributed by atoms with Crippen LogP contribution in [0.25, 0.3) is 0 Å². The molecule has 0 amide bonds. The average molecular weight is 288 g/mol. The second-order valence-electron chi connectivity index (χ2n) is 4.61. The van der Waals surface area contributed by atoms with Gasteiger partial charge >= 0.3 is 0 Å². The maximum atomic E-state index is 11.2. The summed E-state index contributed by atoms with van der Waals surface area (Å²) in [6.07, 6.45) is -0.562. The Morgan fingerprint density at radius 2 is 2.11 bits per heavy atom. The van der Waals surface area contributed by atoms with E-state index in [0.29, 0.717) is 23.9 Å². The summed E-state index contributed by atoms with van der Waals surface area (Å²) in [6.45, 7) is 6.25. The van der Waals surface area contributed by atoms with E-state index < -0.39 is 6.10 Å². The van der Waals surface area contributed by atoms with Gasteiger partial charge in [0.2, 0.25) is 0 Å². The maximum absolute atomic E-state index is 11.2. The van der Waals surface area contributed by atoms with Crippen LogP contribution in [0, 0.1) is 0 Å². The predicted octanol–water partition coefficient (Wildman–Crippen LogP) is 2.05. The lowest BCUT2D eigenvalue weighted by Gasteiger charge is -2.15. The second kappa shape index (κ2) is 8.91. The zero-order chi connectivity index (χ0) is 13.5. The van der Waals surface area contributed by atoms with Gasteiger partial charge in [0.05, 0.1) is 0 Å². The molecule has 5 heteroatoms. The molecule has 1 rings (SSSR count). The number of ether oxygens (including phenoxy) is 1. The minimum Gasteiger partial charge on any atom is -0.491 e. The number of aliphatic hydroxyl groups excluding tert-OH is 1. The maximum Gasteiger partial charge on any atom is 0.159 e. The van der Waals surface area contributed by atoms with Crippen LogP contribution in [0.5, 0.6) is 5.75 Å². The number of nitrogens with one attached hydrogen (secondary N) is 1. The Morgan fingerprint density at radius 3 is 2.68 bits per heavy atom. The molecule has 0 bridgehead atoms. The average Bonchev–Trinajstić information content (AvgIpc) is 2.34. The molecule has 108 valence electrons. The Hall–Kier alpha value is -1.10. The van der Waals surface area contributed by atoms with E-state index in [9.17, 15) is 9.90 Å². The summed E-state index contributed by atoms with van der Waals surface area (Å²) in [5, 5.41) is 12.8. The van der Waals surface area contributed by atoms with Crippen molar-refractivity contribution in [3.05, 3.63) is 29.8 Å². The fraction of sp³-hybridized carbons (Fsp3) is 0.500. The number of hydrogen-bond acceptors (Lipinski definition) is 4. The predicted molar refractivity (Wildman–Crippen MR) is 78.3 cm³/mol. The minimum absolute atomic E-state index is 0. The monoisotopic (exact) mass is 287 g/mol. The molecular weight excluding hydrogens is 266 g/mol. The highest BCUT2D eigenvalue weighted by atomic mass is 35.5. The SMILES string of the molecule is CC(=O)c1cccc(OCC(O)CNC(C)C)c1.Cl. The van der Waals surface area contributed by atoms with E-state index in [-0.39, 0.29) is 24.8 Å². The molecule has 0 saturated heterocycles. The number of hydrogen-bond donors (Lipinski definition) is 2. The van der Waals surface area contributed by atoms with Gasteiger partial charge in [-0.1, -0.05) is 26.0 Å². The van der Waals surface area contributed by atoms with Crippen LogP contribution in [-0.2, 0) is 0 Å². The van der Waals surface area contributed by atoms with Crippen LogP contribution in [0.3, 0.4) is 0 Å². The second-order valence-corrected chi connectivity index (χ2v) is 4.61. The summed E-state index contributed by atoms with van der Waals surface area (Å²) >= 11 is 0. The molecule has 0 fully saturated rings. The first kappa shape index (κ1) is 17.9. The molecule has 0 saturated carbocycles. The van der Waals surface area contributed by atoms with Gasteiger partial charge < -0.3 is 15.2 Å². The zero-order valence-electron chi connectivity index (χ0n) is 11.6. The topological polar surface area (TPSA) is 58.6 Å². The quantitative estimate of drug-likeness (QED) is 0.754. The van der Waals surface area contributed by atoms with Gasteiger partial charge in [-0.25, -0.2) is 0 Å². The normalized spacial score (nSPS) is 11.8. The van der Waals surface area contributed by atoms with Crippen molar-refractivity contribution in [2.24, 2.45) is 0 Å². The molecule has 1 aromatic rings. The molecule has 19 heavy (non-hydrogen) atoms. The van der Waals surface area contributed by atoms with E-state index in [1.807, 2.05) is 13.8 Å². The van der Waals surface area contributed by atoms with Gasteiger partial charge in [0.25, 0.3) is 0 Å². The van der Waals surface area contributed by atoms with Crippen LogP contribution in [0.2, 0.25) is 0 Å². The lowest BCUT2D eigenvalue weighted by molar-refractivity contribution is 0.101. The highest BCUT2D eigenvalue weighted by molar-refractivity contribution is 5.94. The number of aliphatic hydroxyl groups is 1. The Kier molecular flexibility index (Phi) is 8.39. The highest BCUT2D eigenvalue weighted by Gasteiger charge is 2.07. The Bertz CT molecular complexity index is 396. The summed E-state index contributed by atoms with van der Waals surface area (Å²) in [4.78, 5) is 11.2. The first-order valence-electron chi connectivity index (χ1n) is 6.14. The fourth-order valence-electron chi connectivity index (χ4n) is 1.43. The number of ketones is 1. The van der Waals surface area contributed by atoms with Crippen LogP contribution in [0.15, 0.2) is 24.3 Å². The number of carbonyl (C=O) groups is 1. The van der Waals surface area contributed by atoms with Gasteiger partial charge in [-0.2, -0.15) is 0 Å². The highest BCUT2D eigenvalue weighted by Crippen LogP contribution is 2.13. The molecule has 0 aromatic heterocycles. The third-order valence-corrected chi connectivity index (χ3v) is 2.44. The molecule has 1 aromatic carbocycles. The van der Waals surface area contributed by atoms with Gasteiger partial charge in [0.15, 0.2) is 5.78 Å². The number of halogens is 1. The largest absolute Gasteiger partial charge is 0.491 e.